The van der Waals surface area contributed by atoms with Gasteiger partial charge in [-0.05, 0) is 11.8 Å². The van der Waals surface area contributed by atoms with Gasteiger partial charge in [-0.3, -0.25) is 19.2 Å². The first kappa shape index (κ1) is 27.3. The third-order valence-electron chi connectivity index (χ3n) is 4.60. The van der Waals surface area contributed by atoms with E-state index in [0.29, 0.717) is 6.42 Å². The highest BCUT2D eigenvalue weighted by molar-refractivity contribution is 5.96. The van der Waals surface area contributed by atoms with E-state index in [9.17, 15) is 29.1 Å². The molecule has 0 radical (unpaired) electrons. The van der Waals surface area contributed by atoms with Gasteiger partial charge in [-0.25, -0.2) is 4.79 Å². The van der Waals surface area contributed by atoms with Crippen molar-refractivity contribution in [2.45, 2.75) is 64.7 Å². The predicted molar refractivity (Wildman–Crippen MR) is 107 cm³/mol. The normalized spacial score (nSPS) is 16.0. The zero-order valence-corrected chi connectivity index (χ0v) is 17.7. The molecule has 12 nitrogen and oxygen atoms in total. The first-order valence-electron chi connectivity index (χ1n) is 9.64. The largest absolute Gasteiger partial charge is 0.480 e. The van der Waals surface area contributed by atoms with Gasteiger partial charge in [0.1, 0.15) is 24.2 Å². The van der Waals surface area contributed by atoms with Crippen LogP contribution >= 0.6 is 0 Å². The summed E-state index contributed by atoms with van der Waals surface area (Å²) in [4.78, 5) is 60.0. The fraction of sp³-hybridized carbons (Fsp3) is 0.722. The highest BCUT2D eigenvalue weighted by Gasteiger charge is 2.33. The summed E-state index contributed by atoms with van der Waals surface area (Å²) in [5, 5.41) is 25.3. The van der Waals surface area contributed by atoms with Gasteiger partial charge in [0.25, 0.3) is 0 Å². The number of nitrogens with one attached hydrogen (secondary N) is 3. The molecule has 0 saturated carbocycles. The lowest BCUT2D eigenvalue weighted by Gasteiger charge is -2.27. The summed E-state index contributed by atoms with van der Waals surface area (Å²) in [6.45, 7) is 5.99. The Kier molecular flexibility index (Phi) is 11.6. The molecule has 0 aromatic heterocycles. The van der Waals surface area contributed by atoms with E-state index < -0.39 is 72.7 Å². The minimum atomic E-state index is -1.44. The van der Waals surface area contributed by atoms with E-state index in [1.54, 1.807) is 27.7 Å². The molecule has 0 rings (SSSR count). The number of aliphatic carboxylic acids is 1. The van der Waals surface area contributed by atoms with Gasteiger partial charge in [0.15, 0.2) is 0 Å². The maximum absolute atomic E-state index is 12.8. The Balaban J connectivity index is 5.54. The van der Waals surface area contributed by atoms with Gasteiger partial charge in [-0.2, -0.15) is 0 Å². The summed E-state index contributed by atoms with van der Waals surface area (Å²) in [5.74, 6) is -5.43. The average molecular weight is 431 g/mol. The number of aliphatic hydroxyl groups excluding tert-OH is 1. The molecule has 172 valence electrons. The van der Waals surface area contributed by atoms with Crippen molar-refractivity contribution in [2.75, 3.05) is 6.61 Å². The monoisotopic (exact) mass is 431 g/mol. The maximum atomic E-state index is 12.8. The van der Waals surface area contributed by atoms with E-state index in [4.69, 9.17) is 16.6 Å². The molecule has 0 aromatic rings. The standard InChI is InChI=1S/C18H33N5O7/c1-5-9(4)14(23-15(26)10(19)7-24)17(28)21-11(6-12(20)25)16(27)22-13(8(2)3)18(29)30/h8-11,13-14,24H,5-7,19H2,1-4H3,(H2,20,25)(H,21,28)(H,22,27)(H,23,26)(H,29,30). The lowest BCUT2D eigenvalue weighted by Crippen LogP contribution is -2.59. The Morgan fingerprint density at radius 3 is 1.83 bits per heavy atom. The number of carbonyl (C=O) groups excluding carboxylic acids is 4. The van der Waals surface area contributed by atoms with Crippen LogP contribution in [-0.4, -0.2) is 70.6 Å². The fourth-order valence-corrected chi connectivity index (χ4v) is 2.48. The van der Waals surface area contributed by atoms with Crippen LogP contribution in [0.1, 0.15) is 40.5 Å². The number of carboxylic acid groups (broad SMARTS) is 1. The molecule has 0 fully saturated rings. The van der Waals surface area contributed by atoms with Crippen LogP contribution < -0.4 is 27.4 Å². The second-order valence-corrected chi connectivity index (χ2v) is 7.46. The zero-order chi connectivity index (χ0) is 23.6. The summed E-state index contributed by atoms with van der Waals surface area (Å²) in [5.41, 5.74) is 10.6. The fourth-order valence-electron chi connectivity index (χ4n) is 2.48. The molecular formula is C18H33N5O7. The molecule has 4 amide bonds. The summed E-state index contributed by atoms with van der Waals surface area (Å²) in [7, 11) is 0. The summed E-state index contributed by atoms with van der Waals surface area (Å²) in [6, 6.07) is -5.02. The number of carboxylic acids is 1. The van der Waals surface area contributed by atoms with Gasteiger partial charge in [0.2, 0.25) is 23.6 Å². The van der Waals surface area contributed by atoms with Crippen LogP contribution in [0.2, 0.25) is 0 Å². The topological polar surface area (TPSA) is 214 Å². The SMILES string of the molecule is CCC(C)C(NC(=O)C(N)CO)C(=O)NC(CC(N)=O)C(=O)NC(C(=O)O)C(C)C. The van der Waals surface area contributed by atoms with E-state index in [0.717, 1.165) is 0 Å². The second-order valence-electron chi connectivity index (χ2n) is 7.46. The molecule has 0 bridgehead atoms. The van der Waals surface area contributed by atoms with Gasteiger partial charge in [0.05, 0.1) is 13.0 Å². The van der Waals surface area contributed by atoms with Crippen molar-refractivity contribution >= 4 is 29.6 Å². The van der Waals surface area contributed by atoms with Crippen LogP contribution in [0.25, 0.3) is 0 Å². The van der Waals surface area contributed by atoms with E-state index >= 15 is 0 Å². The second kappa shape index (κ2) is 12.8. The van der Waals surface area contributed by atoms with Crippen LogP contribution in [0, 0.1) is 11.8 Å². The van der Waals surface area contributed by atoms with Crippen LogP contribution in [0.15, 0.2) is 0 Å². The number of hydrogen-bond donors (Lipinski definition) is 7. The molecule has 0 aliphatic carbocycles. The third-order valence-corrected chi connectivity index (χ3v) is 4.60. The van der Waals surface area contributed by atoms with Crippen molar-refractivity contribution in [3.8, 4) is 0 Å². The predicted octanol–water partition coefficient (Wildman–Crippen LogP) is -2.58. The van der Waals surface area contributed by atoms with E-state index in [1.807, 2.05) is 0 Å². The summed E-state index contributed by atoms with van der Waals surface area (Å²) < 4.78 is 0. The molecule has 0 aliphatic heterocycles. The molecule has 0 saturated heterocycles. The number of carbonyl (C=O) groups is 5. The molecular weight excluding hydrogens is 398 g/mol. The smallest absolute Gasteiger partial charge is 0.326 e. The van der Waals surface area contributed by atoms with Gasteiger partial charge < -0.3 is 37.6 Å². The Bertz CT molecular complexity index is 640. The zero-order valence-electron chi connectivity index (χ0n) is 17.7. The third kappa shape index (κ3) is 8.74. The molecule has 0 spiro atoms. The van der Waals surface area contributed by atoms with Gasteiger partial charge in [0, 0.05) is 0 Å². The van der Waals surface area contributed by atoms with E-state index in [1.165, 1.54) is 0 Å². The van der Waals surface area contributed by atoms with Crippen molar-refractivity contribution in [3.63, 3.8) is 0 Å². The highest BCUT2D eigenvalue weighted by Crippen LogP contribution is 2.10. The van der Waals surface area contributed by atoms with E-state index in [2.05, 4.69) is 16.0 Å². The maximum Gasteiger partial charge on any atom is 0.326 e. The van der Waals surface area contributed by atoms with Crippen molar-refractivity contribution in [2.24, 2.45) is 23.3 Å². The van der Waals surface area contributed by atoms with Crippen molar-refractivity contribution in [1.82, 2.24) is 16.0 Å². The minimum absolute atomic E-state index is 0.375. The van der Waals surface area contributed by atoms with Gasteiger partial charge >= 0.3 is 5.97 Å². The van der Waals surface area contributed by atoms with Crippen molar-refractivity contribution in [3.05, 3.63) is 0 Å². The average Bonchev–Trinajstić information content (AvgIpc) is 2.66. The Morgan fingerprint density at radius 1 is 0.900 bits per heavy atom. The quantitative estimate of drug-likeness (QED) is 0.164. The molecule has 0 aliphatic rings. The molecule has 0 aromatic carbocycles. The number of primary amides is 1. The molecule has 9 N–H and O–H groups in total. The number of aliphatic hydroxyl groups is 1. The van der Waals surface area contributed by atoms with Gasteiger partial charge in [-0.15, -0.1) is 0 Å². The van der Waals surface area contributed by atoms with Crippen molar-refractivity contribution < 1.29 is 34.2 Å². The number of nitrogens with two attached hydrogens (primary N) is 2. The first-order chi connectivity index (χ1) is 13.8. The number of hydrogen-bond acceptors (Lipinski definition) is 7. The molecule has 30 heavy (non-hydrogen) atoms. The first-order valence-corrected chi connectivity index (χ1v) is 9.64. The van der Waals surface area contributed by atoms with E-state index in [-0.39, 0.29) is 5.92 Å². The van der Waals surface area contributed by atoms with Crippen LogP contribution in [0.5, 0.6) is 0 Å². The van der Waals surface area contributed by atoms with Crippen molar-refractivity contribution in [1.29, 1.82) is 0 Å². The highest BCUT2D eigenvalue weighted by atomic mass is 16.4. The number of amides is 4. The lowest BCUT2D eigenvalue weighted by molar-refractivity contribution is -0.143. The van der Waals surface area contributed by atoms with Gasteiger partial charge in [-0.1, -0.05) is 34.1 Å². The molecule has 5 atom stereocenters. The molecule has 5 unspecified atom stereocenters. The minimum Gasteiger partial charge on any atom is -0.480 e. The lowest BCUT2D eigenvalue weighted by atomic mass is 9.97. The Morgan fingerprint density at radius 2 is 1.43 bits per heavy atom. The number of rotatable bonds is 13. The van der Waals surface area contributed by atoms with Crippen LogP contribution in [-0.2, 0) is 24.0 Å². The summed E-state index contributed by atoms with van der Waals surface area (Å²) >= 11 is 0. The van der Waals surface area contributed by atoms with Crippen LogP contribution in [0.4, 0.5) is 0 Å². The molecule has 0 heterocycles. The molecule has 12 heteroatoms. The Labute approximate surface area is 175 Å². The van der Waals surface area contributed by atoms with Crippen LogP contribution in [0.3, 0.4) is 0 Å². The summed E-state index contributed by atoms with van der Waals surface area (Å²) in [6.07, 6.45) is -0.0901. The Hall–Kier alpha value is -2.73.